The van der Waals surface area contributed by atoms with Crippen LogP contribution in [-0.2, 0) is 6.42 Å². The first-order valence-corrected chi connectivity index (χ1v) is 15.4. The number of thioether (sulfide) groups is 1. The average molecular weight is 535 g/mol. The molecule has 10 heteroatoms. The van der Waals surface area contributed by atoms with Gasteiger partial charge in [0, 0.05) is 18.4 Å². The smallest absolute Gasteiger partial charge is 0.263 e. The van der Waals surface area contributed by atoms with Crippen LogP contribution in [0.1, 0.15) is 26.9 Å². The van der Waals surface area contributed by atoms with Crippen LogP contribution < -0.4 is 15.5 Å². The molecule has 3 aromatic rings. The molecule has 0 spiro atoms. The fraction of sp³-hybridized carbons (Fsp3) is 0.292. The van der Waals surface area contributed by atoms with Crippen molar-refractivity contribution in [2.75, 3.05) is 41.4 Å². The molecule has 0 saturated heterocycles. The van der Waals surface area contributed by atoms with Crippen LogP contribution in [-0.4, -0.2) is 47.1 Å². The summed E-state index contributed by atoms with van der Waals surface area (Å²) in [7, 11) is -0.768. The van der Waals surface area contributed by atoms with Gasteiger partial charge in [-0.2, -0.15) is 0 Å². The molecule has 2 aromatic carbocycles. The molecule has 0 saturated carbocycles. The Hall–Kier alpha value is -1.97. The Kier molecular flexibility index (Phi) is 6.46. The van der Waals surface area contributed by atoms with Crippen molar-refractivity contribution in [3.05, 3.63) is 69.3 Å². The third-order valence-corrected chi connectivity index (χ3v) is 9.30. The fourth-order valence-electron chi connectivity index (χ4n) is 4.29. The van der Waals surface area contributed by atoms with Crippen molar-refractivity contribution in [2.24, 2.45) is 0 Å². The van der Waals surface area contributed by atoms with Crippen LogP contribution in [0.3, 0.4) is 0 Å². The van der Waals surface area contributed by atoms with E-state index >= 15 is 0 Å². The molecule has 6 nitrogen and oxygen atoms in total. The lowest BCUT2D eigenvalue weighted by molar-refractivity contribution is 0.0985. The molecule has 0 fully saturated rings. The molecule has 34 heavy (non-hydrogen) atoms. The van der Waals surface area contributed by atoms with Crippen molar-refractivity contribution in [1.82, 2.24) is 15.3 Å². The van der Waals surface area contributed by atoms with Crippen LogP contribution in [0.5, 0.6) is 0 Å². The topological polar surface area (TPSA) is 70.2 Å². The van der Waals surface area contributed by atoms with E-state index in [-0.39, 0.29) is 5.91 Å². The molecule has 2 N–H and O–H groups in total. The number of benzene rings is 2. The number of halogens is 2. The summed E-state index contributed by atoms with van der Waals surface area (Å²) in [6, 6.07) is 11.7. The minimum absolute atomic E-state index is 0.215. The number of amides is 1. The van der Waals surface area contributed by atoms with Crippen LogP contribution in [0.15, 0.2) is 47.6 Å². The number of anilines is 3. The molecule has 5 rings (SSSR count). The molecule has 1 unspecified atom stereocenters. The predicted octanol–water partition coefficient (Wildman–Crippen LogP) is 6.08. The lowest BCUT2D eigenvalue weighted by atomic mass is 10.00. The lowest BCUT2D eigenvalue weighted by Crippen LogP contribution is -2.35. The van der Waals surface area contributed by atoms with E-state index in [0.29, 0.717) is 43.5 Å². The van der Waals surface area contributed by atoms with Gasteiger partial charge in [0.15, 0.2) is 0 Å². The van der Waals surface area contributed by atoms with Crippen LogP contribution >= 0.6 is 45.0 Å². The van der Waals surface area contributed by atoms with Gasteiger partial charge in [-0.3, -0.25) is 9.69 Å². The van der Waals surface area contributed by atoms with Gasteiger partial charge in [0.05, 0.1) is 32.5 Å². The van der Waals surface area contributed by atoms with E-state index in [4.69, 9.17) is 23.2 Å². The van der Waals surface area contributed by atoms with Crippen LogP contribution in [0.4, 0.5) is 17.3 Å². The second-order valence-electron chi connectivity index (χ2n) is 9.04. The zero-order valence-corrected chi connectivity index (χ0v) is 22.2. The Morgan fingerprint density at radius 1 is 1.18 bits per heavy atom. The Bertz CT molecular complexity index is 1260. The Labute approximate surface area is 215 Å². The molecule has 2 aliphatic rings. The van der Waals surface area contributed by atoms with Crippen molar-refractivity contribution in [2.45, 2.75) is 16.8 Å². The first-order valence-electron chi connectivity index (χ1n) is 10.8. The van der Waals surface area contributed by atoms with Gasteiger partial charge < -0.3 is 10.6 Å². The number of carbonyl (C=O) groups is 1. The van der Waals surface area contributed by atoms with Crippen molar-refractivity contribution in [3.8, 4) is 0 Å². The minimum Gasteiger partial charge on any atom is -0.324 e. The largest absolute Gasteiger partial charge is 0.324 e. The summed E-state index contributed by atoms with van der Waals surface area (Å²) in [6.07, 6.45) is 9.58. The summed E-state index contributed by atoms with van der Waals surface area (Å²) < 4.78 is 0. The number of nitrogens with zero attached hydrogens (tertiary/aromatic N) is 3. The van der Waals surface area contributed by atoms with Gasteiger partial charge in [-0.15, -0.1) is 0 Å². The summed E-state index contributed by atoms with van der Waals surface area (Å²) >= 11 is 14.1. The third kappa shape index (κ3) is 4.50. The van der Waals surface area contributed by atoms with Crippen LogP contribution in [0, 0.1) is 0 Å². The van der Waals surface area contributed by atoms with Crippen molar-refractivity contribution in [1.29, 1.82) is 0 Å². The highest BCUT2D eigenvalue weighted by molar-refractivity contribution is 8.32. The maximum absolute atomic E-state index is 13.2. The van der Waals surface area contributed by atoms with Gasteiger partial charge >= 0.3 is 0 Å². The number of hydrogen-bond donors (Lipinski definition) is 2. The quantitative estimate of drug-likeness (QED) is 0.396. The van der Waals surface area contributed by atoms with E-state index in [9.17, 15) is 4.79 Å². The molecular weight excluding hydrogens is 509 g/mol. The molecule has 1 amide bonds. The third-order valence-electron chi connectivity index (χ3n) is 5.88. The molecule has 3 heterocycles. The van der Waals surface area contributed by atoms with Crippen molar-refractivity contribution in [3.63, 3.8) is 0 Å². The SMILES string of the molecule is CS(C)(C)C1NCCc2cc(Nc3ncc4c(n3)SCN(c3c(Cl)cccc3Cl)C4=O)ccc21. The molecule has 1 atom stereocenters. The number of aromatic nitrogens is 2. The fourth-order valence-corrected chi connectivity index (χ4v) is 7.44. The zero-order valence-electron chi connectivity index (χ0n) is 19.1. The normalized spacial score (nSPS) is 18.3. The number of nitrogens with one attached hydrogen (secondary N) is 2. The maximum atomic E-state index is 13.2. The Balaban J connectivity index is 1.38. The van der Waals surface area contributed by atoms with Crippen molar-refractivity contribution >= 4 is 68.2 Å². The summed E-state index contributed by atoms with van der Waals surface area (Å²) in [5, 5.41) is 8.91. The van der Waals surface area contributed by atoms with E-state index in [2.05, 4.69) is 57.6 Å². The first-order chi connectivity index (χ1) is 16.2. The highest BCUT2D eigenvalue weighted by atomic mass is 35.5. The summed E-state index contributed by atoms with van der Waals surface area (Å²) in [6.45, 7) is 0.978. The Morgan fingerprint density at radius 2 is 1.94 bits per heavy atom. The summed E-state index contributed by atoms with van der Waals surface area (Å²) in [5.74, 6) is 0.621. The van der Waals surface area contributed by atoms with E-state index in [0.717, 1.165) is 18.7 Å². The molecule has 0 bridgehead atoms. The molecule has 178 valence electrons. The number of rotatable bonds is 4. The minimum atomic E-state index is -0.768. The standard InChI is InChI=1S/C24H25Cl2N5OS2/c1-34(2,3)22-16-8-7-15(11-14(16)9-10-27-22)29-24-28-12-17-21(30-24)33-13-31(23(17)32)20-18(25)5-4-6-19(20)26/h4-8,11-12,22,27H,9-10,13H2,1-3H3,(H,28,29,30). The van der Waals surface area contributed by atoms with Crippen LogP contribution in [0.2, 0.25) is 10.0 Å². The van der Waals surface area contributed by atoms with E-state index < -0.39 is 10.0 Å². The number of carbonyl (C=O) groups excluding carboxylic acids is 1. The lowest BCUT2D eigenvalue weighted by Gasteiger charge is -2.40. The first kappa shape index (κ1) is 23.8. The molecule has 0 radical (unpaired) electrons. The van der Waals surface area contributed by atoms with E-state index in [1.807, 2.05) is 0 Å². The van der Waals surface area contributed by atoms with Gasteiger partial charge in [-0.1, -0.05) is 47.1 Å². The predicted molar refractivity (Wildman–Crippen MR) is 146 cm³/mol. The van der Waals surface area contributed by atoms with Gasteiger partial charge in [0.1, 0.15) is 5.03 Å². The number of para-hydroxylation sites is 1. The second kappa shape index (κ2) is 9.24. The van der Waals surface area contributed by atoms with Crippen molar-refractivity contribution < 1.29 is 4.79 Å². The highest BCUT2D eigenvalue weighted by Crippen LogP contribution is 2.51. The van der Waals surface area contributed by atoms with E-state index in [1.165, 1.54) is 22.9 Å². The van der Waals surface area contributed by atoms with E-state index in [1.54, 1.807) is 29.3 Å². The average Bonchev–Trinajstić information content (AvgIpc) is 2.79. The van der Waals surface area contributed by atoms with Gasteiger partial charge in [-0.25, -0.2) is 20.0 Å². The monoisotopic (exact) mass is 533 g/mol. The summed E-state index contributed by atoms with van der Waals surface area (Å²) in [5.41, 5.74) is 4.62. The molecule has 0 aliphatic carbocycles. The number of hydrogen-bond acceptors (Lipinski definition) is 6. The summed E-state index contributed by atoms with van der Waals surface area (Å²) in [4.78, 5) is 23.8. The number of fused-ring (bicyclic) bond motifs is 2. The molecular formula is C24H25Cl2N5OS2. The zero-order chi connectivity index (χ0) is 24.0. The van der Waals surface area contributed by atoms with Crippen LogP contribution in [0.25, 0.3) is 0 Å². The van der Waals surface area contributed by atoms with Gasteiger partial charge in [0.25, 0.3) is 5.91 Å². The molecule has 2 aliphatic heterocycles. The maximum Gasteiger partial charge on any atom is 0.263 e. The molecule has 1 aromatic heterocycles. The van der Waals surface area contributed by atoms with Gasteiger partial charge in [0.2, 0.25) is 5.95 Å². The van der Waals surface area contributed by atoms with Gasteiger partial charge in [-0.05, 0) is 60.6 Å². The second-order valence-corrected chi connectivity index (χ2v) is 15.1. The highest BCUT2D eigenvalue weighted by Gasteiger charge is 2.31. The Morgan fingerprint density at radius 3 is 2.68 bits per heavy atom.